The summed E-state index contributed by atoms with van der Waals surface area (Å²) in [5.41, 5.74) is -0.893. The Hall–Kier alpha value is -1.52. The van der Waals surface area contributed by atoms with Crippen LogP contribution in [-0.2, 0) is 6.18 Å². The fourth-order valence-corrected chi connectivity index (χ4v) is 1.53. The number of rotatable bonds is 7. The summed E-state index contributed by atoms with van der Waals surface area (Å²) in [6.45, 7) is 6.87. The zero-order valence-electron chi connectivity index (χ0n) is 12.7. The predicted molar refractivity (Wildman–Crippen MR) is 94.3 cm³/mol. The van der Waals surface area contributed by atoms with Crippen molar-refractivity contribution >= 4 is 29.9 Å². The fourth-order valence-electron chi connectivity index (χ4n) is 1.53. The predicted octanol–water partition coefficient (Wildman–Crippen LogP) is 2.84. The quantitative estimate of drug-likeness (QED) is 0.223. The summed E-state index contributed by atoms with van der Waals surface area (Å²) in [5, 5.41) is 5.97. The zero-order chi connectivity index (χ0) is 16.4. The molecule has 0 aromatic carbocycles. The third kappa shape index (κ3) is 8.05. The molecule has 0 spiro atoms. The molecule has 5 nitrogen and oxygen atoms in total. The molecule has 0 amide bonds. The van der Waals surface area contributed by atoms with Crippen LogP contribution in [0.3, 0.4) is 0 Å². The standard InChI is InChI=1S/C14H19F3N4O.HI/c1-3-7-20-13(18-4-2)21-9-10-22-12-11(14(15,16)17)6-5-8-19-12;/h3,5-6,8H,1,4,7,9-10H2,2H3,(H2,18,20,21);1H. The van der Waals surface area contributed by atoms with E-state index in [1.54, 1.807) is 6.08 Å². The van der Waals surface area contributed by atoms with Crippen LogP contribution in [0.5, 0.6) is 5.88 Å². The van der Waals surface area contributed by atoms with E-state index < -0.39 is 17.6 Å². The molecule has 23 heavy (non-hydrogen) atoms. The highest BCUT2D eigenvalue weighted by atomic mass is 127. The Morgan fingerprint density at radius 3 is 2.78 bits per heavy atom. The van der Waals surface area contributed by atoms with Crippen LogP contribution in [0.4, 0.5) is 13.2 Å². The summed E-state index contributed by atoms with van der Waals surface area (Å²) in [5.74, 6) is 0.109. The van der Waals surface area contributed by atoms with Gasteiger partial charge in [0.15, 0.2) is 5.96 Å². The molecule has 1 heterocycles. The number of ether oxygens (including phenoxy) is 1. The summed E-state index contributed by atoms with van der Waals surface area (Å²) in [4.78, 5) is 7.78. The molecule has 0 aliphatic rings. The van der Waals surface area contributed by atoms with Gasteiger partial charge in [0.1, 0.15) is 12.2 Å². The number of halogens is 4. The molecular weight excluding hydrogens is 424 g/mol. The van der Waals surface area contributed by atoms with Gasteiger partial charge in [-0.25, -0.2) is 9.98 Å². The SMILES string of the molecule is C=CCNC(=NCCOc1ncccc1C(F)(F)F)NCC.I. The van der Waals surface area contributed by atoms with Crippen molar-refractivity contribution in [3.8, 4) is 5.88 Å². The Balaban J connectivity index is 0.00000484. The fraction of sp³-hybridized carbons (Fsp3) is 0.429. The molecule has 0 atom stereocenters. The van der Waals surface area contributed by atoms with Crippen LogP contribution >= 0.6 is 24.0 Å². The second kappa shape index (κ2) is 11.1. The maximum absolute atomic E-state index is 12.7. The maximum atomic E-state index is 12.7. The van der Waals surface area contributed by atoms with Gasteiger partial charge in [0.05, 0.1) is 6.54 Å². The van der Waals surface area contributed by atoms with Crippen molar-refractivity contribution in [3.63, 3.8) is 0 Å². The maximum Gasteiger partial charge on any atom is 0.421 e. The van der Waals surface area contributed by atoms with Crippen molar-refractivity contribution in [1.29, 1.82) is 0 Å². The van der Waals surface area contributed by atoms with Gasteiger partial charge in [-0.15, -0.1) is 30.6 Å². The lowest BCUT2D eigenvalue weighted by molar-refractivity contribution is -0.139. The highest BCUT2D eigenvalue weighted by molar-refractivity contribution is 14.0. The van der Waals surface area contributed by atoms with E-state index in [0.29, 0.717) is 19.0 Å². The average molecular weight is 444 g/mol. The molecule has 0 unspecified atom stereocenters. The van der Waals surface area contributed by atoms with Crippen LogP contribution in [-0.4, -0.2) is 37.2 Å². The second-order valence-corrected chi connectivity index (χ2v) is 4.13. The minimum atomic E-state index is -4.49. The Bertz CT molecular complexity index is 509. The van der Waals surface area contributed by atoms with Gasteiger partial charge < -0.3 is 15.4 Å². The third-order valence-electron chi connectivity index (χ3n) is 2.43. The number of nitrogens with one attached hydrogen (secondary N) is 2. The first-order chi connectivity index (χ1) is 10.5. The van der Waals surface area contributed by atoms with Crippen LogP contribution < -0.4 is 15.4 Å². The number of alkyl halides is 3. The molecule has 1 aromatic rings. The minimum absolute atomic E-state index is 0. The lowest BCUT2D eigenvalue weighted by atomic mass is 10.2. The number of aromatic nitrogens is 1. The van der Waals surface area contributed by atoms with Crippen LogP contribution in [0.25, 0.3) is 0 Å². The molecule has 0 aliphatic heterocycles. The smallest absolute Gasteiger partial charge is 0.421 e. The van der Waals surface area contributed by atoms with Gasteiger partial charge in [0.25, 0.3) is 0 Å². The number of guanidine groups is 1. The Morgan fingerprint density at radius 1 is 1.43 bits per heavy atom. The molecule has 0 aliphatic carbocycles. The van der Waals surface area contributed by atoms with Crippen molar-refractivity contribution in [1.82, 2.24) is 15.6 Å². The van der Waals surface area contributed by atoms with E-state index in [1.165, 1.54) is 12.3 Å². The zero-order valence-corrected chi connectivity index (χ0v) is 15.0. The summed E-state index contributed by atoms with van der Waals surface area (Å²) in [6.07, 6.45) is -1.57. The van der Waals surface area contributed by atoms with Crippen LogP contribution in [0.2, 0.25) is 0 Å². The molecule has 0 radical (unpaired) electrons. The Kier molecular flexibility index (Phi) is 10.4. The highest BCUT2D eigenvalue weighted by Gasteiger charge is 2.34. The molecule has 9 heteroatoms. The summed E-state index contributed by atoms with van der Waals surface area (Å²) in [7, 11) is 0. The number of pyridine rings is 1. The van der Waals surface area contributed by atoms with Crippen LogP contribution in [0, 0.1) is 0 Å². The Labute approximate surface area is 150 Å². The molecular formula is C14H20F3IN4O. The largest absolute Gasteiger partial charge is 0.475 e. The number of aliphatic imine (C=N–C) groups is 1. The van der Waals surface area contributed by atoms with Gasteiger partial charge in [-0.3, -0.25) is 0 Å². The monoisotopic (exact) mass is 444 g/mol. The van der Waals surface area contributed by atoms with E-state index in [9.17, 15) is 13.2 Å². The van der Waals surface area contributed by atoms with Crippen molar-refractivity contribution in [2.24, 2.45) is 4.99 Å². The average Bonchev–Trinajstić information content (AvgIpc) is 2.48. The molecule has 0 saturated carbocycles. The number of nitrogens with zero attached hydrogens (tertiary/aromatic N) is 2. The number of hydrogen-bond acceptors (Lipinski definition) is 3. The molecule has 130 valence electrons. The summed E-state index contributed by atoms with van der Waals surface area (Å²) in [6, 6.07) is 2.15. The first-order valence-electron chi connectivity index (χ1n) is 6.77. The minimum Gasteiger partial charge on any atom is -0.475 e. The van der Waals surface area contributed by atoms with Crippen LogP contribution in [0.15, 0.2) is 36.0 Å². The molecule has 1 rings (SSSR count). The van der Waals surface area contributed by atoms with E-state index in [-0.39, 0.29) is 37.1 Å². The van der Waals surface area contributed by atoms with Crippen molar-refractivity contribution in [3.05, 3.63) is 36.5 Å². The third-order valence-corrected chi connectivity index (χ3v) is 2.43. The molecule has 2 N–H and O–H groups in total. The topological polar surface area (TPSA) is 58.5 Å². The number of hydrogen-bond donors (Lipinski definition) is 2. The van der Waals surface area contributed by atoms with Crippen molar-refractivity contribution in [2.75, 3.05) is 26.2 Å². The summed E-state index contributed by atoms with van der Waals surface area (Å²) < 4.78 is 43.3. The van der Waals surface area contributed by atoms with E-state index >= 15 is 0 Å². The first-order valence-corrected chi connectivity index (χ1v) is 6.77. The van der Waals surface area contributed by atoms with E-state index in [2.05, 4.69) is 27.2 Å². The summed E-state index contributed by atoms with van der Waals surface area (Å²) >= 11 is 0. The lowest BCUT2D eigenvalue weighted by Crippen LogP contribution is -2.37. The van der Waals surface area contributed by atoms with Crippen molar-refractivity contribution in [2.45, 2.75) is 13.1 Å². The normalized spacial score (nSPS) is 11.4. The van der Waals surface area contributed by atoms with Crippen LogP contribution in [0.1, 0.15) is 12.5 Å². The van der Waals surface area contributed by atoms with Gasteiger partial charge in [0.2, 0.25) is 5.88 Å². The molecule has 1 aromatic heterocycles. The van der Waals surface area contributed by atoms with Gasteiger partial charge in [-0.1, -0.05) is 6.08 Å². The first kappa shape index (κ1) is 21.5. The highest BCUT2D eigenvalue weighted by Crippen LogP contribution is 2.34. The van der Waals surface area contributed by atoms with Gasteiger partial charge in [-0.2, -0.15) is 13.2 Å². The van der Waals surface area contributed by atoms with E-state index in [1.807, 2.05) is 6.92 Å². The van der Waals surface area contributed by atoms with Gasteiger partial charge in [-0.05, 0) is 19.1 Å². The molecule has 0 saturated heterocycles. The Morgan fingerprint density at radius 2 is 2.17 bits per heavy atom. The second-order valence-electron chi connectivity index (χ2n) is 4.13. The van der Waals surface area contributed by atoms with Gasteiger partial charge in [0, 0.05) is 19.3 Å². The lowest BCUT2D eigenvalue weighted by Gasteiger charge is -2.12. The van der Waals surface area contributed by atoms with E-state index in [4.69, 9.17) is 4.74 Å². The van der Waals surface area contributed by atoms with Gasteiger partial charge >= 0.3 is 6.18 Å². The van der Waals surface area contributed by atoms with E-state index in [0.717, 1.165) is 6.07 Å². The molecule has 0 fully saturated rings. The molecule has 0 bridgehead atoms. The van der Waals surface area contributed by atoms with Crippen molar-refractivity contribution < 1.29 is 17.9 Å².